The molecule has 1 aliphatic carbocycles. The summed E-state index contributed by atoms with van der Waals surface area (Å²) >= 11 is 7.81. The van der Waals surface area contributed by atoms with Crippen LogP contribution in [0.4, 0.5) is 0 Å². The van der Waals surface area contributed by atoms with Crippen LogP contribution in [0.3, 0.4) is 0 Å². The molecule has 2 aromatic rings. The van der Waals surface area contributed by atoms with E-state index in [9.17, 15) is 0 Å². The first-order valence-electron chi connectivity index (χ1n) is 9.12. The summed E-state index contributed by atoms with van der Waals surface area (Å²) in [4.78, 5) is 11.2. The van der Waals surface area contributed by atoms with Crippen molar-refractivity contribution < 1.29 is 4.74 Å². The molecule has 1 aromatic heterocycles. The van der Waals surface area contributed by atoms with Crippen LogP contribution in [-0.2, 0) is 16.7 Å². The van der Waals surface area contributed by atoms with Crippen molar-refractivity contribution in [1.82, 2.24) is 15.2 Å². The number of nitrogens with zero attached hydrogens (tertiary/aromatic N) is 3. The molecule has 1 aromatic carbocycles. The zero-order valence-corrected chi connectivity index (χ0v) is 20.6. The lowest BCUT2D eigenvalue weighted by Crippen LogP contribution is -2.42. The molecular weight excluding hydrogens is 507 g/mol. The van der Waals surface area contributed by atoms with Gasteiger partial charge in [-0.2, -0.15) is 0 Å². The van der Waals surface area contributed by atoms with E-state index in [1.807, 2.05) is 33.2 Å². The number of aliphatic imine (C=N–C) groups is 1. The van der Waals surface area contributed by atoms with Gasteiger partial charge in [0.2, 0.25) is 0 Å². The average Bonchev–Trinajstić information content (AvgIpc) is 3.32. The van der Waals surface area contributed by atoms with Gasteiger partial charge in [0.25, 0.3) is 0 Å². The number of thiazole rings is 1. The Balaban J connectivity index is 0.00000280. The van der Waals surface area contributed by atoms with Crippen molar-refractivity contribution in [3.63, 3.8) is 0 Å². The molecular formula is C20H28ClIN4OS. The van der Waals surface area contributed by atoms with Crippen molar-refractivity contribution in [2.45, 2.75) is 37.8 Å². The van der Waals surface area contributed by atoms with Gasteiger partial charge in [-0.25, -0.2) is 4.98 Å². The van der Waals surface area contributed by atoms with Crippen molar-refractivity contribution >= 4 is 52.9 Å². The predicted molar refractivity (Wildman–Crippen MR) is 128 cm³/mol. The molecule has 28 heavy (non-hydrogen) atoms. The second-order valence-corrected chi connectivity index (χ2v) is 8.43. The van der Waals surface area contributed by atoms with E-state index in [-0.39, 0.29) is 35.5 Å². The number of nitrogens with one attached hydrogen (secondary N) is 1. The number of guanidine groups is 1. The Kier molecular flexibility index (Phi) is 8.54. The topological polar surface area (TPSA) is 49.8 Å². The molecule has 1 unspecified atom stereocenters. The summed E-state index contributed by atoms with van der Waals surface area (Å²) in [6.07, 6.45) is 2.37. The number of benzene rings is 1. The smallest absolute Gasteiger partial charge is 0.193 e. The zero-order chi connectivity index (χ0) is 19.4. The van der Waals surface area contributed by atoms with Crippen molar-refractivity contribution in [3.8, 4) is 0 Å². The van der Waals surface area contributed by atoms with Crippen molar-refractivity contribution in [1.29, 1.82) is 0 Å². The van der Waals surface area contributed by atoms with E-state index in [1.54, 1.807) is 18.4 Å². The number of hydrogen-bond acceptors (Lipinski definition) is 4. The molecule has 154 valence electrons. The largest absolute Gasteiger partial charge is 0.375 e. The molecule has 5 nitrogen and oxygen atoms in total. The summed E-state index contributed by atoms with van der Waals surface area (Å²) < 4.78 is 5.35. The minimum absolute atomic E-state index is 0. The Morgan fingerprint density at radius 1 is 1.46 bits per heavy atom. The molecule has 1 atom stereocenters. The van der Waals surface area contributed by atoms with Gasteiger partial charge in [-0.3, -0.25) is 4.99 Å². The first-order chi connectivity index (χ1) is 13.0. The molecule has 1 saturated carbocycles. The third-order valence-electron chi connectivity index (χ3n) is 5.12. The summed E-state index contributed by atoms with van der Waals surface area (Å²) in [5, 5.41) is 7.42. The number of methoxy groups -OCH3 is 1. The van der Waals surface area contributed by atoms with Crippen LogP contribution < -0.4 is 5.32 Å². The van der Waals surface area contributed by atoms with Crippen LogP contribution in [-0.4, -0.2) is 43.6 Å². The summed E-state index contributed by atoms with van der Waals surface area (Å²) in [5.41, 5.74) is 2.50. The fourth-order valence-electron chi connectivity index (χ4n) is 3.17. The molecule has 1 N–H and O–H groups in total. The second-order valence-electron chi connectivity index (χ2n) is 7.10. The molecule has 1 aliphatic rings. The normalized spacial score (nSPS) is 16.2. The van der Waals surface area contributed by atoms with Crippen LogP contribution in [0, 0.1) is 0 Å². The molecule has 1 heterocycles. The van der Waals surface area contributed by atoms with E-state index in [4.69, 9.17) is 16.3 Å². The quantitative estimate of drug-likeness (QED) is 0.313. The number of rotatable bonds is 7. The Labute approximate surface area is 193 Å². The average molecular weight is 535 g/mol. The Morgan fingerprint density at radius 3 is 2.82 bits per heavy atom. The third-order valence-corrected chi connectivity index (χ3v) is 6.41. The van der Waals surface area contributed by atoms with Gasteiger partial charge in [-0.1, -0.05) is 23.7 Å². The highest BCUT2D eigenvalue weighted by Crippen LogP contribution is 2.48. The molecule has 1 fully saturated rings. The summed E-state index contributed by atoms with van der Waals surface area (Å²) in [7, 11) is 5.56. The third kappa shape index (κ3) is 5.58. The first kappa shape index (κ1) is 23.4. The molecule has 0 bridgehead atoms. The molecule has 0 radical (unpaired) electrons. The van der Waals surface area contributed by atoms with E-state index >= 15 is 0 Å². The number of aromatic nitrogens is 1. The Hall–Kier alpha value is -0.900. The van der Waals surface area contributed by atoms with Gasteiger partial charge < -0.3 is 15.0 Å². The SMILES string of the molecule is CN=C(NCC1(c2cccc(Cl)c2)CC1)N(C)Cc1csc(C(C)OC)n1.I. The van der Waals surface area contributed by atoms with Crippen LogP contribution in [0.2, 0.25) is 5.02 Å². The lowest BCUT2D eigenvalue weighted by Gasteiger charge is -2.24. The lowest BCUT2D eigenvalue weighted by atomic mass is 9.96. The van der Waals surface area contributed by atoms with Crippen LogP contribution in [0.25, 0.3) is 0 Å². The monoisotopic (exact) mass is 534 g/mol. The Morgan fingerprint density at radius 2 is 2.21 bits per heavy atom. The number of halogens is 2. The molecule has 0 aliphatic heterocycles. The summed E-state index contributed by atoms with van der Waals surface area (Å²) in [5.74, 6) is 0.873. The van der Waals surface area contributed by atoms with Crippen molar-refractivity contribution in [3.05, 3.63) is 50.9 Å². The molecule has 0 amide bonds. The number of hydrogen-bond donors (Lipinski definition) is 1. The fourth-order valence-corrected chi connectivity index (χ4v) is 4.20. The number of ether oxygens (including phenoxy) is 1. The highest BCUT2D eigenvalue weighted by molar-refractivity contribution is 14.0. The lowest BCUT2D eigenvalue weighted by molar-refractivity contribution is 0.119. The zero-order valence-electron chi connectivity index (χ0n) is 16.7. The second kappa shape index (κ2) is 10.2. The molecule has 8 heteroatoms. The summed E-state index contributed by atoms with van der Waals surface area (Å²) in [6.45, 7) is 3.57. The van der Waals surface area contributed by atoms with Gasteiger partial charge in [0.15, 0.2) is 5.96 Å². The van der Waals surface area contributed by atoms with Gasteiger partial charge >= 0.3 is 0 Å². The van der Waals surface area contributed by atoms with Crippen LogP contribution in [0.1, 0.15) is 42.1 Å². The highest BCUT2D eigenvalue weighted by atomic mass is 127. The van der Waals surface area contributed by atoms with Gasteiger partial charge in [0.05, 0.1) is 12.2 Å². The first-order valence-corrected chi connectivity index (χ1v) is 10.4. The summed E-state index contributed by atoms with van der Waals surface area (Å²) in [6, 6.07) is 8.20. The minimum Gasteiger partial charge on any atom is -0.375 e. The molecule has 3 rings (SSSR count). The van der Waals surface area contributed by atoms with Gasteiger partial charge in [-0.15, -0.1) is 35.3 Å². The minimum atomic E-state index is 0. The van der Waals surface area contributed by atoms with E-state index in [2.05, 4.69) is 37.7 Å². The van der Waals surface area contributed by atoms with Crippen LogP contribution in [0.15, 0.2) is 34.6 Å². The van der Waals surface area contributed by atoms with E-state index < -0.39 is 0 Å². The van der Waals surface area contributed by atoms with Crippen LogP contribution >= 0.6 is 46.9 Å². The van der Waals surface area contributed by atoms with E-state index in [0.29, 0.717) is 6.54 Å². The maximum atomic E-state index is 6.18. The van der Waals surface area contributed by atoms with Gasteiger partial charge in [0.1, 0.15) is 11.1 Å². The van der Waals surface area contributed by atoms with Crippen molar-refractivity contribution in [2.75, 3.05) is 27.7 Å². The van der Waals surface area contributed by atoms with Crippen LogP contribution in [0.5, 0.6) is 0 Å². The van der Waals surface area contributed by atoms with E-state index in [1.165, 1.54) is 18.4 Å². The predicted octanol–water partition coefficient (Wildman–Crippen LogP) is 4.86. The van der Waals surface area contributed by atoms with Gasteiger partial charge in [0, 0.05) is 43.6 Å². The van der Waals surface area contributed by atoms with E-state index in [0.717, 1.165) is 28.2 Å². The Bertz CT molecular complexity index is 809. The maximum absolute atomic E-state index is 6.18. The highest BCUT2D eigenvalue weighted by Gasteiger charge is 2.44. The molecule has 0 spiro atoms. The van der Waals surface area contributed by atoms with Gasteiger partial charge in [-0.05, 0) is 37.5 Å². The standard InChI is InChI=1S/C20H27ClN4OS.HI/c1-14(26-4)18-24-17(12-27-18)11-25(3)19(22-2)23-13-20(8-9-20)15-6-5-7-16(21)10-15;/h5-7,10,12,14H,8-9,11,13H2,1-4H3,(H,22,23);1H. The maximum Gasteiger partial charge on any atom is 0.193 e. The fraction of sp³-hybridized carbons (Fsp3) is 0.500. The molecule has 0 saturated heterocycles. The van der Waals surface area contributed by atoms with Crippen molar-refractivity contribution in [2.24, 2.45) is 4.99 Å².